The van der Waals surface area contributed by atoms with Crippen LogP contribution in [0.1, 0.15) is 11.1 Å². The molecular weight excluding hydrogens is 284 g/mol. The zero-order valence-corrected chi connectivity index (χ0v) is 13.1. The number of aryl methyl sites for hydroxylation is 1. The molecule has 0 aliphatic carbocycles. The van der Waals surface area contributed by atoms with E-state index in [-0.39, 0.29) is 5.91 Å². The summed E-state index contributed by atoms with van der Waals surface area (Å²) in [6.07, 6.45) is 0. The maximum absolute atomic E-state index is 12.0. The lowest BCUT2D eigenvalue weighted by molar-refractivity contribution is -0.885. The molecular formula is C17H20ClN2O+. The van der Waals surface area contributed by atoms with E-state index in [2.05, 4.69) is 24.4 Å². The minimum Gasteiger partial charge on any atom is -0.326 e. The predicted molar refractivity (Wildman–Crippen MR) is 86.7 cm³/mol. The summed E-state index contributed by atoms with van der Waals surface area (Å²) in [5.41, 5.74) is 3.30. The minimum atomic E-state index is 0.00315. The Labute approximate surface area is 130 Å². The van der Waals surface area contributed by atoms with Crippen LogP contribution in [0, 0.1) is 6.92 Å². The van der Waals surface area contributed by atoms with Gasteiger partial charge in [0.1, 0.15) is 6.54 Å². The standard InChI is InChI=1S/C17H19ClN2O/c1-13-5-3-4-6-14(13)11-20(2)12-17(21)19-16-9-7-15(18)8-10-16/h3-10H,11-12H2,1-2H3,(H,19,21)/p+1. The van der Waals surface area contributed by atoms with E-state index in [1.54, 1.807) is 24.3 Å². The first-order chi connectivity index (χ1) is 10.0. The van der Waals surface area contributed by atoms with Crippen molar-refractivity contribution in [2.45, 2.75) is 13.5 Å². The van der Waals surface area contributed by atoms with Crippen molar-refractivity contribution in [3.8, 4) is 0 Å². The van der Waals surface area contributed by atoms with E-state index in [0.29, 0.717) is 11.6 Å². The van der Waals surface area contributed by atoms with Gasteiger partial charge in [0, 0.05) is 16.3 Å². The molecule has 0 spiro atoms. The number of carbonyl (C=O) groups is 1. The molecule has 2 aromatic carbocycles. The smallest absolute Gasteiger partial charge is 0.279 e. The third kappa shape index (κ3) is 4.88. The van der Waals surface area contributed by atoms with Gasteiger partial charge in [0.05, 0.1) is 7.05 Å². The normalized spacial score (nSPS) is 12.0. The number of anilines is 1. The summed E-state index contributed by atoms with van der Waals surface area (Å²) >= 11 is 5.82. The quantitative estimate of drug-likeness (QED) is 0.873. The van der Waals surface area contributed by atoms with Crippen LogP contribution in [0.25, 0.3) is 0 Å². The molecule has 0 aliphatic heterocycles. The van der Waals surface area contributed by atoms with Crippen LogP contribution in [0.3, 0.4) is 0 Å². The molecule has 0 saturated heterocycles. The molecule has 0 fully saturated rings. The Balaban J connectivity index is 1.87. The van der Waals surface area contributed by atoms with Crippen LogP contribution in [0.15, 0.2) is 48.5 Å². The lowest BCUT2D eigenvalue weighted by atomic mass is 10.1. The van der Waals surface area contributed by atoms with Crippen molar-refractivity contribution in [2.75, 3.05) is 18.9 Å². The number of halogens is 1. The van der Waals surface area contributed by atoms with E-state index in [1.165, 1.54) is 11.1 Å². The molecule has 0 heterocycles. The lowest BCUT2D eigenvalue weighted by Crippen LogP contribution is -3.08. The second-order valence-corrected chi connectivity index (χ2v) is 5.73. The van der Waals surface area contributed by atoms with Gasteiger partial charge in [-0.15, -0.1) is 0 Å². The van der Waals surface area contributed by atoms with Gasteiger partial charge in [0.15, 0.2) is 6.54 Å². The van der Waals surface area contributed by atoms with E-state index in [4.69, 9.17) is 11.6 Å². The Bertz CT molecular complexity index is 610. The van der Waals surface area contributed by atoms with E-state index in [9.17, 15) is 4.79 Å². The summed E-state index contributed by atoms with van der Waals surface area (Å²) in [6, 6.07) is 15.4. The molecule has 2 N–H and O–H groups in total. The molecule has 0 radical (unpaired) electrons. The van der Waals surface area contributed by atoms with Crippen LogP contribution in [0.5, 0.6) is 0 Å². The van der Waals surface area contributed by atoms with E-state index in [1.807, 2.05) is 19.2 Å². The molecule has 1 unspecified atom stereocenters. The van der Waals surface area contributed by atoms with Crippen LogP contribution < -0.4 is 10.2 Å². The van der Waals surface area contributed by atoms with Crippen molar-refractivity contribution in [3.63, 3.8) is 0 Å². The molecule has 0 aliphatic rings. The molecule has 1 amide bonds. The number of benzene rings is 2. The molecule has 3 nitrogen and oxygen atoms in total. The average Bonchev–Trinajstić information content (AvgIpc) is 2.44. The predicted octanol–water partition coefficient (Wildman–Crippen LogP) is 2.30. The molecule has 0 bridgehead atoms. The van der Waals surface area contributed by atoms with Gasteiger partial charge in [0.25, 0.3) is 5.91 Å². The van der Waals surface area contributed by atoms with E-state index in [0.717, 1.165) is 17.1 Å². The Morgan fingerprint density at radius 1 is 1.14 bits per heavy atom. The average molecular weight is 304 g/mol. The summed E-state index contributed by atoms with van der Waals surface area (Å²) in [6.45, 7) is 3.36. The first-order valence-electron chi connectivity index (χ1n) is 6.96. The van der Waals surface area contributed by atoms with E-state index < -0.39 is 0 Å². The van der Waals surface area contributed by atoms with E-state index >= 15 is 0 Å². The highest BCUT2D eigenvalue weighted by Crippen LogP contribution is 2.12. The largest absolute Gasteiger partial charge is 0.326 e. The van der Waals surface area contributed by atoms with Gasteiger partial charge in [-0.05, 0) is 36.8 Å². The highest BCUT2D eigenvalue weighted by atomic mass is 35.5. The number of nitrogens with one attached hydrogen (secondary N) is 2. The summed E-state index contributed by atoms with van der Waals surface area (Å²) < 4.78 is 0. The van der Waals surface area contributed by atoms with Crippen LogP contribution >= 0.6 is 11.6 Å². The SMILES string of the molecule is Cc1ccccc1C[NH+](C)CC(=O)Nc1ccc(Cl)cc1. The van der Waals surface area contributed by atoms with Crippen LogP contribution in [0.2, 0.25) is 5.02 Å². The number of carbonyl (C=O) groups excluding carboxylic acids is 1. The topological polar surface area (TPSA) is 33.5 Å². The number of amides is 1. The molecule has 2 rings (SSSR count). The van der Waals surface area contributed by atoms with Crippen LogP contribution in [0.4, 0.5) is 5.69 Å². The lowest BCUT2D eigenvalue weighted by Gasteiger charge is -2.15. The van der Waals surface area contributed by atoms with Gasteiger partial charge in [-0.2, -0.15) is 0 Å². The Morgan fingerprint density at radius 2 is 1.81 bits per heavy atom. The third-order valence-electron chi connectivity index (χ3n) is 3.34. The van der Waals surface area contributed by atoms with Gasteiger partial charge in [-0.1, -0.05) is 35.9 Å². The Morgan fingerprint density at radius 3 is 2.48 bits per heavy atom. The summed E-state index contributed by atoms with van der Waals surface area (Å²) in [5.74, 6) is 0.00315. The molecule has 110 valence electrons. The minimum absolute atomic E-state index is 0.00315. The van der Waals surface area contributed by atoms with Crippen molar-refractivity contribution in [3.05, 3.63) is 64.7 Å². The van der Waals surface area contributed by atoms with Crippen molar-refractivity contribution < 1.29 is 9.69 Å². The van der Waals surface area contributed by atoms with Crippen LogP contribution in [-0.2, 0) is 11.3 Å². The van der Waals surface area contributed by atoms with Crippen molar-refractivity contribution >= 4 is 23.2 Å². The van der Waals surface area contributed by atoms with Crippen molar-refractivity contribution in [1.29, 1.82) is 0 Å². The fourth-order valence-corrected chi connectivity index (χ4v) is 2.33. The molecule has 4 heteroatoms. The Hall–Kier alpha value is -1.84. The molecule has 1 atom stereocenters. The van der Waals surface area contributed by atoms with Crippen molar-refractivity contribution in [1.82, 2.24) is 0 Å². The molecule has 0 saturated carbocycles. The number of quaternary nitrogens is 1. The second kappa shape index (κ2) is 7.25. The van der Waals surface area contributed by atoms with Crippen LogP contribution in [-0.4, -0.2) is 19.5 Å². The third-order valence-corrected chi connectivity index (χ3v) is 3.60. The molecule has 2 aromatic rings. The van der Waals surface area contributed by atoms with Gasteiger partial charge >= 0.3 is 0 Å². The molecule has 0 aromatic heterocycles. The summed E-state index contributed by atoms with van der Waals surface area (Å²) in [5, 5.41) is 3.54. The first-order valence-corrected chi connectivity index (χ1v) is 7.33. The summed E-state index contributed by atoms with van der Waals surface area (Å²) in [7, 11) is 2.02. The second-order valence-electron chi connectivity index (χ2n) is 5.29. The zero-order chi connectivity index (χ0) is 15.2. The molecule has 21 heavy (non-hydrogen) atoms. The maximum atomic E-state index is 12.0. The van der Waals surface area contributed by atoms with Gasteiger partial charge in [0.2, 0.25) is 0 Å². The highest BCUT2D eigenvalue weighted by molar-refractivity contribution is 6.30. The maximum Gasteiger partial charge on any atom is 0.279 e. The number of likely N-dealkylation sites (N-methyl/N-ethyl adjacent to an activating group) is 1. The fourth-order valence-electron chi connectivity index (χ4n) is 2.21. The number of rotatable bonds is 5. The Kier molecular flexibility index (Phi) is 5.37. The monoisotopic (exact) mass is 303 g/mol. The number of hydrogen-bond acceptors (Lipinski definition) is 1. The number of hydrogen-bond donors (Lipinski definition) is 2. The van der Waals surface area contributed by atoms with Gasteiger partial charge in [-0.3, -0.25) is 4.79 Å². The summed E-state index contributed by atoms with van der Waals surface area (Å²) in [4.78, 5) is 13.2. The first kappa shape index (κ1) is 15.5. The zero-order valence-electron chi connectivity index (χ0n) is 12.3. The van der Waals surface area contributed by atoms with Crippen molar-refractivity contribution in [2.24, 2.45) is 0 Å². The van der Waals surface area contributed by atoms with Gasteiger partial charge in [-0.25, -0.2) is 0 Å². The fraction of sp³-hybridized carbons (Fsp3) is 0.235. The highest BCUT2D eigenvalue weighted by Gasteiger charge is 2.11. The van der Waals surface area contributed by atoms with Gasteiger partial charge < -0.3 is 10.2 Å².